The molecule has 10 heteroatoms. The van der Waals surface area contributed by atoms with Crippen LogP contribution in [-0.2, 0) is 9.59 Å². The number of anilines is 1. The van der Waals surface area contributed by atoms with Crippen LogP contribution in [0.25, 0.3) is 6.08 Å². The third-order valence-electron chi connectivity index (χ3n) is 4.47. The van der Waals surface area contributed by atoms with Gasteiger partial charge in [0.1, 0.15) is 4.32 Å². The first-order valence-corrected chi connectivity index (χ1v) is 12.1. The summed E-state index contributed by atoms with van der Waals surface area (Å²) in [7, 11) is 0. The molecule has 0 spiro atoms. The monoisotopic (exact) mass is 524 g/mol. The first-order chi connectivity index (χ1) is 15.7. The zero-order chi connectivity index (χ0) is 24.1. The largest absolute Gasteiger partial charge is 0.490 e. The highest BCUT2D eigenvalue weighted by Crippen LogP contribution is 2.35. The van der Waals surface area contributed by atoms with Crippen LogP contribution in [0.15, 0.2) is 41.3 Å². The summed E-state index contributed by atoms with van der Waals surface area (Å²) in [5.74, 6) is 0.399. The zero-order valence-electron chi connectivity index (χ0n) is 18.2. The number of rotatable bonds is 8. The first kappa shape index (κ1) is 25.4. The predicted molar refractivity (Wildman–Crippen MR) is 138 cm³/mol. The molecule has 1 fully saturated rings. The number of amides is 2. The van der Waals surface area contributed by atoms with E-state index in [4.69, 9.17) is 44.9 Å². The van der Waals surface area contributed by atoms with Crippen molar-refractivity contribution in [1.29, 1.82) is 0 Å². The van der Waals surface area contributed by atoms with Crippen LogP contribution in [0.1, 0.15) is 26.3 Å². The maximum Gasteiger partial charge on any atom is 0.266 e. The second kappa shape index (κ2) is 11.2. The Labute approximate surface area is 212 Å². The fourth-order valence-corrected chi connectivity index (χ4v) is 4.81. The van der Waals surface area contributed by atoms with Gasteiger partial charge >= 0.3 is 0 Å². The second-order valence-corrected chi connectivity index (χ2v) is 9.74. The van der Waals surface area contributed by atoms with Crippen molar-refractivity contribution in [2.24, 2.45) is 0 Å². The summed E-state index contributed by atoms with van der Waals surface area (Å²) in [6.07, 6.45) is 1.77. The summed E-state index contributed by atoms with van der Waals surface area (Å²) in [4.78, 5) is 27.1. The van der Waals surface area contributed by atoms with Gasteiger partial charge in [-0.1, -0.05) is 53.2 Å². The van der Waals surface area contributed by atoms with Crippen molar-refractivity contribution >= 4 is 75.1 Å². The number of benzene rings is 2. The minimum atomic E-state index is -0.364. The van der Waals surface area contributed by atoms with E-state index in [1.54, 1.807) is 47.4 Å². The van der Waals surface area contributed by atoms with Gasteiger partial charge < -0.3 is 14.8 Å². The fraction of sp³-hybridized carbons (Fsp3) is 0.261. The molecule has 2 amide bonds. The van der Waals surface area contributed by atoms with Gasteiger partial charge in [-0.15, -0.1) is 0 Å². The van der Waals surface area contributed by atoms with Crippen LogP contribution in [0.5, 0.6) is 11.5 Å². The Morgan fingerprint density at radius 1 is 1.15 bits per heavy atom. The van der Waals surface area contributed by atoms with Gasteiger partial charge in [0.2, 0.25) is 0 Å². The van der Waals surface area contributed by atoms with Crippen molar-refractivity contribution in [3.05, 3.63) is 56.9 Å². The molecule has 0 saturated carbocycles. The quantitative estimate of drug-likeness (QED) is 0.336. The summed E-state index contributed by atoms with van der Waals surface area (Å²) in [5, 5.41) is 3.44. The van der Waals surface area contributed by atoms with E-state index < -0.39 is 0 Å². The van der Waals surface area contributed by atoms with Gasteiger partial charge in [0.25, 0.3) is 11.8 Å². The van der Waals surface area contributed by atoms with Crippen molar-refractivity contribution < 1.29 is 19.1 Å². The minimum absolute atomic E-state index is 0.00629. The Morgan fingerprint density at radius 2 is 1.91 bits per heavy atom. The van der Waals surface area contributed by atoms with E-state index >= 15 is 0 Å². The number of thiocarbonyl (C=S) groups is 1. The molecule has 0 radical (unpaired) electrons. The molecule has 33 heavy (non-hydrogen) atoms. The molecule has 6 nitrogen and oxygen atoms in total. The lowest BCUT2D eigenvalue weighted by Gasteiger charge is -2.18. The Hall–Kier alpha value is -2.26. The maximum absolute atomic E-state index is 12.6. The van der Waals surface area contributed by atoms with E-state index in [0.29, 0.717) is 43.1 Å². The molecule has 0 aliphatic carbocycles. The number of thioether (sulfide) groups is 1. The zero-order valence-corrected chi connectivity index (χ0v) is 21.3. The van der Waals surface area contributed by atoms with E-state index in [2.05, 4.69) is 5.32 Å². The van der Waals surface area contributed by atoms with E-state index in [1.165, 1.54) is 11.8 Å². The number of hydrogen-bond acceptors (Lipinski definition) is 6. The lowest BCUT2D eigenvalue weighted by atomic mass is 10.1. The maximum atomic E-state index is 12.6. The highest BCUT2D eigenvalue weighted by atomic mass is 35.5. The van der Waals surface area contributed by atoms with Crippen LogP contribution >= 0.6 is 47.2 Å². The van der Waals surface area contributed by atoms with Gasteiger partial charge in [-0.05, 0) is 62.7 Å². The first-order valence-electron chi connectivity index (χ1n) is 10.1. The van der Waals surface area contributed by atoms with Crippen LogP contribution < -0.4 is 14.8 Å². The van der Waals surface area contributed by atoms with E-state index in [-0.39, 0.29) is 24.5 Å². The molecule has 0 unspecified atom stereocenters. The molecule has 2 aromatic rings. The number of carbonyl (C=O) groups is 2. The second-order valence-electron chi connectivity index (χ2n) is 7.25. The summed E-state index contributed by atoms with van der Waals surface area (Å²) in [5.41, 5.74) is 1.27. The molecule has 1 N–H and O–H groups in total. The number of hydrogen-bond donors (Lipinski definition) is 1. The minimum Gasteiger partial charge on any atom is -0.490 e. The van der Waals surface area contributed by atoms with Gasteiger partial charge in [-0.2, -0.15) is 0 Å². The molecule has 0 aromatic heterocycles. The average Bonchev–Trinajstić information content (AvgIpc) is 3.03. The number of nitrogens with zero attached hydrogens (tertiary/aromatic N) is 1. The van der Waals surface area contributed by atoms with Crippen LogP contribution in [0, 0.1) is 0 Å². The van der Waals surface area contributed by atoms with E-state index in [1.807, 2.05) is 20.8 Å². The van der Waals surface area contributed by atoms with Gasteiger partial charge in [0.05, 0.1) is 21.6 Å². The topological polar surface area (TPSA) is 67.9 Å². The smallest absolute Gasteiger partial charge is 0.266 e. The molecule has 2 aromatic carbocycles. The van der Waals surface area contributed by atoms with Gasteiger partial charge in [-0.25, -0.2) is 0 Å². The molecule has 174 valence electrons. The van der Waals surface area contributed by atoms with Gasteiger partial charge in [0, 0.05) is 11.7 Å². The molecule has 1 aliphatic heterocycles. The highest BCUT2D eigenvalue weighted by molar-refractivity contribution is 8.26. The Morgan fingerprint density at radius 3 is 2.55 bits per heavy atom. The highest BCUT2D eigenvalue weighted by Gasteiger charge is 2.33. The van der Waals surface area contributed by atoms with E-state index in [9.17, 15) is 9.59 Å². The van der Waals surface area contributed by atoms with Crippen LogP contribution in [-0.4, -0.2) is 40.3 Å². The van der Waals surface area contributed by atoms with Crippen molar-refractivity contribution in [2.75, 3.05) is 18.5 Å². The SMILES string of the molecule is CCOc1cc(/C=C2\SC(=S)N(C(C)C)C2=O)ccc1OCC(=O)Nc1ccc(Cl)c(Cl)c1. The summed E-state index contributed by atoms with van der Waals surface area (Å²) < 4.78 is 11.9. The van der Waals surface area contributed by atoms with Crippen LogP contribution in [0.4, 0.5) is 5.69 Å². The molecule has 3 rings (SSSR count). The predicted octanol–water partition coefficient (Wildman–Crippen LogP) is 6.02. The van der Waals surface area contributed by atoms with Crippen molar-refractivity contribution in [3.63, 3.8) is 0 Å². The summed E-state index contributed by atoms with van der Waals surface area (Å²) >= 11 is 18.5. The molecule has 0 bridgehead atoms. The molecular weight excluding hydrogens is 503 g/mol. The Kier molecular flexibility index (Phi) is 8.64. The molecule has 1 aliphatic rings. The third-order valence-corrected chi connectivity index (χ3v) is 6.54. The lowest BCUT2D eigenvalue weighted by molar-refractivity contribution is -0.123. The van der Waals surface area contributed by atoms with Crippen LogP contribution in [0.3, 0.4) is 0 Å². The fourth-order valence-electron chi connectivity index (χ4n) is 2.99. The number of halogens is 2. The van der Waals surface area contributed by atoms with E-state index in [0.717, 1.165) is 5.56 Å². The molecule has 0 atom stereocenters. The normalized spacial score (nSPS) is 14.8. The number of nitrogens with one attached hydrogen (secondary N) is 1. The summed E-state index contributed by atoms with van der Waals surface area (Å²) in [6.45, 7) is 5.87. The Balaban J connectivity index is 1.71. The third kappa shape index (κ3) is 6.41. The standard InChI is InChI=1S/C23H22Cl2N2O4S2/c1-4-30-19-9-14(10-20-22(29)27(13(2)3)23(32)33-20)5-8-18(19)31-12-21(28)26-15-6-7-16(24)17(25)11-15/h5-11,13H,4,12H2,1-3H3,(H,26,28)/b20-10-. The number of carbonyl (C=O) groups excluding carboxylic acids is 2. The van der Waals surface area contributed by atoms with Crippen molar-refractivity contribution in [2.45, 2.75) is 26.8 Å². The van der Waals surface area contributed by atoms with Crippen molar-refractivity contribution in [1.82, 2.24) is 4.90 Å². The summed E-state index contributed by atoms with van der Waals surface area (Å²) in [6, 6.07) is 10.0. The Bertz CT molecular complexity index is 1120. The molecule has 1 saturated heterocycles. The molecule has 1 heterocycles. The van der Waals surface area contributed by atoms with Crippen molar-refractivity contribution in [3.8, 4) is 11.5 Å². The average molecular weight is 525 g/mol. The molecular formula is C23H22Cl2N2O4S2. The lowest BCUT2D eigenvalue weighted by Crippen LogP contribution is -2.34. The van der Waals surface area contributed by atoms with Crippen LogP contribution in [0.2, 0.25) is 10.0 Å². The number of ether oxygens (including phenoxy) is 2. The van der Waals surface area contributed by atoms with Gasteiger partial charge in [0.15, 0.2) is 18.1 Å². The van der Waals surface area contributed by atoms with Gasteiger partial charge in [-0.3, -0.25) is 14.5 Å².